The topological polar surface area (TPSA) is 45.7 Å². The van der Waals surface area contributed by atoms with Gasteiger partial charge in [0.2, 0.25) is 0 Å². The summed E-state index contributed by atoms with van der Waals surface area (Å²) in [6.07, 6.45) is 3.86. The van der Waals surface area contributed by atoms with Crippen molar-refractivity contribution in [3.05, 3.63) is 54.2 Å². The van der Waals surface area contributed by atoms with Crippen LogP contribution in [0.4, 0.5) is 16.3 Å². The summed E-state index contributed by atoms with van der Waals surface area (Å²) in [6, 6.07) is 14.0. The van der Waals surface area contributed by atoms with Gasteiger partial charge in [-0.1, -0.05) is 38.1 Å². The number of hydrogen-bond acceptors (Lipinski definition) is 4. The van der Waals surface area contributed by atoms with E-state index >= 15 is 0 Å². The number of aromatic nitrogens is 1. The SMILES string of the molecule is CC(C)CN1CCC[C@@H]1c1ccc(N(C(=O)OC(C)(C)C)c2ccccc2)nc1. The van der Waals surface area contributed by atoms with E-state index in [4.69, 9.17) is 4.74 Å². The van der Waals surface area contributed by atoms with Gasteiger partial charge in [-0.05, 0) is 69.8 Å². The van der Waals surface area contributed by atoms with Crippen LogP contribution < -0.4 is 4.90 Å². The van der Waals surface area contributed by atoms with E-state index in [2.05, 4.69) is 29.8 Å². The summed E-state index contributed by atoms with van der Waals surface area (Å²) in [5, 5.41) is 0. The molecule has 0 saturated carbocycles. The average Bonchev–Trinajstić information content (AvgIpc) is 3.09. The number of anilines is 2. The zero-order valence-electron chi connectivity index (χ0n) is 18.3. The number of para-hydroxylation sites is 1. The zero-order valence-corrected chi connectivity index (χ0v) is 18.3. The van der Waals surface area contributed by atoms with E-state index in [0.29, 0.717) is 17.8 Å². The van der Waals surface area contributed by atoms with Crippen LogP contribution in [-0.2, 0) is 4.74 Å². The van der Waals surface area contributed by atoms with Crippen molar-refractivity contribution in [1.82, 2.24) is 9.88 Å². The number of ether oxygens (including phenoxy) is 1. The number of rotatable bonds is 5. The Kier molecular flexibility index (Phi) is 6.58. The predicted octanol–water partition coefficient (Wildman–Crippen LogP) is 5.95. The van der Waals surface area contributed by atoms with Gasteiger partial charge >= 0.3 is 6.09 Å². The number of benzene rings is 1. The van der Waals surface area contributed by atoms with Gasteiger partial charge in [-0.3, -0.25) is 4.90 Å². The Hall–Kier alpha value is -2.40. The molecule has 0 unspecified atom stereocenters. The molecule has 1 fully saturated rings. The normalized spacial score (nSPS) is 17.5. The second-order valence-electron chi connectivity index (χ2n) is 9.15. The van der Waals surface area contributed by atoms with Crippen molar-refractivity contribution in [2.24, 2.45) is 5.92 Å². The van der Waals surface area contributed by atoms with Crippen molar-refractivity contribution in [3.63, 3.8) is 0 Å². The molecule has 29 heavy (non-hydrogen) atoms. The number of likely N-dealkylation sites (tertiary alicyclic amines) is 1. The van der Waals surface area contributed by atoms with Crippen LogP contribution in [0, 0.1) is 5.92 Å². The van der Waals surface area contributed by atoms with E-state index in [9.17, 15) is 4.79 Å². The molecule has 1 aliphatic heterocycles. The molecule has 1 aromatic heterocycles. The van der Waals surface area contributed by atoms with Gasteiger partial charge in [-0.15, -0.1) is 0 Å². The molecule has 0 bridgehead atoms. The standard InChI is InChI=1S/C24H33N3O2/c1-18(2)17-26-15-9-12-21(26)19-13-14-22(25-16-19)27(20-10-7-6-8-11-20)23(28)29-24(3,4)5/h6-8,10-11,13-14,16,18,21H,9,12,15,17H2,1-5H3/t21-/m1/s1. The molecule has 2 heterocycles. The van der Waals surface area contributed by atoms with E-state index in [1.165, 1.54) is 16.9 Å². The van der Waals surface area contributed by atoms with Crippen molar-refractivity contribution in [2.75, 3.05) is 18.0 Å². The molecular formula is C24H33N3O2. The lowest BCUT2D eigenvalue weighted by Gasteiger charge is -2.28. The molecule has 0 N–H and O–H groups in total. The largest absolute Gasteiger partial charge is 0.443 e. The fourth-order valence-corrected chi connectivity index (χ4v) is 3.83. The fourth-order valence-electron chi connectivity index (χ4n) is 3.83. The number of nitrogens with zero attached hydrogens (tertiary/aromatic N) is 3. The van der Waals surface area contributed by atoms with E-state index in [1.807, 2.05) is 63.4 Å². The van der Waals surface area contributed by atoms with Gasteiger partial charge in [0.25, 0.3) is 0 Å². The first-order chi connectivity index (χ1) is 13.7. The van der Waals surface area contributed by atoms with Gasteiger partial charge in [0, 0.05) is 18.8 Å². The summed E-state index contributed by atoms with van der Waals surface area (Å²) in [6.45, 7) is 12.4. The van der Waals surface area contributed by atoms with Crippen LogP contribution in [-0.4, -0.2) is 34.7 Å². The Morgan fingerprint density at radius 2 is 1.93 bits per heavy atom. The molecule has 1 atom stereocenters. The summed E-state index contributed by atoms with van der Waals surface area (Å²) in [7, 11) is 0. The van der Waals surface area contributed by atoms with Crippen LogP contribution in [0.2, 0.25) is 0 Å². The second-order valence-corrected chi connectivity index (χ2v) is 9.15. The molecule has 5 heteroatoms. The van der Waals surface area contributed by atoms with Gasteiger partial charge in [0.1, 0.15) is 11.4 Å². The molecule has 2 aromatic rings. The third-order valence-corrected chi connectivity index (χ3v) is 4.94. The van der Waals surface area contributed by atoms with Gasteiger partial charge < -0.3 is 4.74 Å². The monoisotopic (exact) mass is 395 g/mol. The molecule has 1 amide bonds. The highest BCUT2D eigenvalue weighted by atomic mass is 16.6. The molecule has 5 nitrogen and oxygen atoms in total. The van der Waals surface area contributed by atoms with Crippen LogP contribution in [0.1, 0.15) is 59.1 Å². The second kappa shape index (κ2) is 8.95. The third-order valence-electron chi connectivity index (χ3n) is 4.94. The minimum atomic E-state index is -0.578. The zero-order chi connectivity index (χ0) is 21.0. The molecular weight excluding hydrogens is 362 g/mol. The highest BCUT2D eigenvalue weighted by Crippen LogP contribution is 2.33. The first-order valence-corrected chi connectivity index (χ1v) is 10.5. The molecule has 1 aromatic carbocycles. The van der Waals surface area contributed by atoms with E-state index in [1.54, 1.807) is 0 Å². The first kappa shape index (κ1) is 21.3. The minimum absolute atomic E-state index is 0.408. The molecule has 1 saturated heterocycles. The summed E-state index contributed by atoms with van der Waals surface area (Å²) >= 11 is 0. The Morgan fingerprint density at radius 1 is 1.21 bits per heavy atom. The first-order valence-electron chi connectivity index (χ1n) is 10.5. The molecule has 0 aliphatic carbocycles. The lowest BCUT2D eigenvalue weighted by molar-refractivity contribution is 0.0598. The quantitative estimate of drug-likeness (QED) is 0.628. The lowest BCUT2D eigenvalue weighted by atomic mass is 10.1. The van der Waals surface area contributed by atoms with Crippen LogP contribution in [0.3, 0.4) is 0 Å². The Labute approximate surface area is 174 Å². The highest BCUT2D eigenvalue weighted by molar-refractivity contribution is 5.95. The molecule has 3 rings (SSSR count). The number of amides is 1. The molecule has 156 valence electrons. The molecule has 0 spiro atoms. The number of hydrogen-bond donors (Lipinski definition) is 0. The smallest absolute Gasteiger partial charge is 0.420 e. The third kappa shape index (κ3) is 5.57. The molecule has 1 aliphatic rings. The van der Waals surface area contributed by atoms with E-state index < -0.39 is 11.7 Å². The van der Waals surface area contributed by atoms with E-state index in [-0.39, 0.29) is 0 Å². The van der Waals surface area contributed by atoms with Crippen molar-refractivity contribution >= 4 is 17.6 Å². The van der Waals surface area contributed by atoms with Crippen LogP contribution in [0.25, 0.3) is 0 Å². The van der Waals surface area contributed by atoms with Crippen molar-refractivity contribution in [2.45, 2.75) is 59.1 Å². The maximum absolute atomic E-state index is 12.9. The number of carbonyl (C=O) groups excluding carboxylic acids is 1. The number of pyridine rings is 1. The maximum Gasteiger partial charge on any atom is 0.420 e. The van der Waals surface area contributed by atoms with Crippen molar-refractivity contribution in [3.8, 4) is 0 Å². The average molecular weight is 396 g/mol. The lowest BCUT2D eigenvalue weighted by Crippen LogP contribution is -2.34. The Balaban J connectivity index is 1.86. The molecule has 0 radical (unpaired) electrons. The van der Waals surface area contributed by atoms with Gasteiger partial charge in [0.15, 0.2) is 0 Å². The minimum Gasteiger partial charge on any atom is -0.443 e. The van der Waals surface area contributed by atoms with Crippen molar-refractivity contribution < 1.29 is 9.53 Å². The summed E-state index contributed by atoms with van der Waals surface area (Å²) < 4.78 is 5.64. The van der Waals surface area contributed by atoms with Gasteiger partial charge in [-0.25, -0.2) is 14.7 Å². The van der Waals surface area contributed by atoms with Gasteiger partial charge in [-0.2, -0.15) is 0 Å². The fraction of sp³-hybridized carbons (Fsp3) is 0.500. The Bertz CT molecular complexity index is 797. The highest BCUT2D eigenvalue weighted by Gasteiger charge is 2.28. The van der Waals surface area contributed by atoms with Crippen molar-refractivity contribution in [1.29, 1.82) is 0 Å². The van der Waals surface area contributed by atoms with E-state index in [0.717, 1.165) is 25.2 Å². The summed E-state index contributed by atoms with van der Waals surface area (Å²) in [5.41, 5.74) is 1.37. The number of carbonyl (C=O) groups is 1. The summed E-state index contributed by atoms with van der Waals surface area (Å²) in [4.78, 5) is 21.7. The predicted molar refractivity (Wildman–Crippen MR) is 117 cm³/mol. The van der Waals surface area contributed by atoms with Crippen LogP contribution >= 0.6 is 0 Å². The van der Waals surface area contributed by atoms with Crippen LogP contribution in [0.15, 0.2) is 48.7 Å². The van der Waals surface area contributed by atoms with Crippen LogP contribution in [0.5, 0.6) is 0 Å². The maximum atomic E-state index is 12.9. The van der Waals surface area contributed by atoms with Gasteiger partial charge in [0.05, 0.1) is 5.69 Å². The Morgan fingerprint density at radius 3 is 2.52 bits per heavy atom. The summed E-state index contributed by atoms with van der Waals surface area (Å²) in [5.74, 6) is 1.21.